The smallest absolute Gasteiger partial charge is 0.227 e. The van der Waals surface area contributed by atoms with Gasteiger partial charge in [0.25, 0.3) is 0 Å². The molecule has 21 heavy (non-hydrogen) atoms. The summed E-state index contributed by atoms with van der Waals surface area (Å²) >= 11 is 0. The number of fused-ring (bicyclic) bond motifs is 1. The molecule has 3 rings (SSSR count). The summed E-state index contributed by atoms with van der Waals surface area (Å²) < 4.78 is 0. The number of para-hydroxylation sites is 1. The minimum atomic E-state index is -0.428. The van der Waals surface area contributed by atoms with Gasteiger partial charge in [0.1, 0.15) is 0 Å². The number of benzene rings is 1. The molecule has 3 nitrogen and oxygen atoms in total. The Hall–Kier alpha value is -1.35. The Morgan fingerprint density at radius 3 is 2.57 bits per heavy atom. The van der Waals surface area contributed by atoms with Crippen molar-refractivity contribution in [3.05, 3.63) is 29.8 Å². The van der Waals surface area contributed by atoms with Crippen molar-refractivity contribution in [2.75, 3.05) is 11.4 Å². The van der Waals surface area contributed by atoms with Crippen molar-refractivity contribution in [3.63, 3.8) is 0 Å². The molecular formula is C18H25NO2. The monoisotopic (exact) mass is 287 g/mol. The van der Waals surface area contributed by atoms with Crippen molar-refractivity contribution in [3.8, 4) is 0 Å². The second kappa shape index (κ2) is 6.61. The van der Waals surface area contributed by atoms with E-state index in [1.807, 2.05) is 29.2 Å². The Labute approximate surface area is 127 Å². The average molecular weight is 287 g/mol. The predicted molar refractivity (Wildman–Crippen MR) is 84.2 cm³/mol. The third-order valence-corrected chi connectivity index (χ3v) is 4.95. The van der Waals surface area contributed by atoms with Gasteiger partial charge >= 0.3 is 0 Å². The number of nitrogens with zero attached hydrogens (tertiary/aromatic N) is 1. The fourth-order valence-electron chi connectivity index (χ4n) is 3.73. The normalized spacial score (nSPS) is 23.5. The Morgan fingerprint density at radius 2 is 1.81 bits per heavy atom. The summed E-state index contributed by atoms with van der Waals surface area (Å²) in [5.74, 6) is 0.792. The van der Waals surface area contributed by atoms with Gasteiger partial charge in [-0.3, -0.25) is 4.79 Å². The van der Waals surface area contributed by atoms with Crippen LogP contribution in [0.15, 0.2) is 24.3 Å². The van der Waals surface area contributed by atoms with Crippen LogP contribution in [0.3, 0.4) is 0 Å². The quantitative estimate of drug-likeness (QED) is 0.840. The van der Waals surface area contributed by atoms with E-state index >= 15 is 0 Å². The van der Waals surface area contributed by atoms with E-state index < -0.39 is 6.10 Å². The van der Waals surface area contributed by atoms with Gasteiger partial charge in [-0.05, 0) is 31.2 Å². The van der Waals surface area contributed by atoms with E-state index in [0.717, 1.165) is 11.3 Å². The third kappa shape index (κ3) is 3.29. The van der Waals surface area contributed by atoms with E-state index in [1.54, 1.807) is 0 Å². The van der Waals surface area contributed by atoms with E-state index in [-0.39, 0.29) is 5.91 Å². The summed E-state index contributed by atoms with van der Waals surface area (Å²) in [5, 5.41) is 10.1. The Kier molecular flexibility index (Phi) is 4.59. The molecule has 1 aromatic rings. The number of amides is 1. The number of carbonyl (C=O) groups excluding carboxylic acids is 1. The maximum Gasteiger partial charge on any atom is 0.227 e. The number of anilines is 1. The topological polar surface area (TPSA) is 40.5 Å². The molecule has 1 unspecified atom stereocenters. The van der Waals surface area contributed by atoms with E-state index in [9.17, 15) is 9.90 Å². The van der Waals surface area contributed by atoms with Crippen molar-refractivity contribution in [2.24, 2.45) is 5.92 Å². The van der Waals surface area contributed by atoms with Crippen LogP contribution in [0.5, 0.6) is 0 Å². The highest BCUT2D eigenvalue weighted by Crippen LogP contribution is 2.35. The Bertz CT molecular complexity index is 492. The van der Waals surface area contributed by atoms with E-state index in [4.69, 9.17) is 0 Å². The molecule has 0 saturated heterocycles. The molecule has 1 aliphatic heterocycles. The zero-order valence-electron chi connectivity index (χ0n) is 12.6. The molecule has 3 heteroatoms. The van der Waals surface area contributed by atoms with Crippen LogP contribution in [-0.4, -0.2) is 17.6 Å². The molecule has 0 spiro atoms. The fourth-order valence-corrected chi connectivity index (χ4v) is 3.73. The maximum absolute atomic E-state index is 12.7. The summed E-state index contributed by atoms with van der Waals surface area (Å²) in [6, 6.07) is 7.78. The molecule has 1 heterocycles. The van der Waals surface area contributed by atoms with Crippen molar-refractivity contribution in [2.45, 2.75) is 57.5 Å². The molecule has 2 aliphatic rings. The van der Waals surface area contributed by atoms with Gasteiger partial charge < -0.3 is 10.0 Å². The molecule has 0 bridgehead atoms. The van der Waals surface area contributed by atoms with Crippen molar-refractivity contribution >= 4 is 11.6 Å². The highest BCUT2D eigenvalue weighted by Gasteiger charge is 2.28. The average Bonchev–Trinajstić information content (AvgIpc) is 2.76. The minimum absolute atomic E-state index is 0.237. The molecule has 0 aromatic heterocycles. The van der Waals surface area contributed by atoms with Crippen LogP contribution in [0.4, 0.5) is 5.69 Å². The molecule has 1 amide bonds. The van der Waals surface area contributed by atoms with Gasteiger partial charge in [0.2, 0.25) is 5.91 Å². The van der Waals surface area contributed by atoms with Gasteiger partial charge in [0.05, 0.1) is 6.10 Å². The van der Waals surface area contributed by atoms with Crippen LogP contribution < -0.4 is 4.90 Å². The molecule has 114 valence electrons. The van der Waals surface area contributed by atoms with Crippen LogP contribution in [0, 0.1) is 5.92 Å². The number of rotatable bonds is 2. The standard InChI is InChI=1S/C18H25NO2/c20-17-11-12-19(16-10-6-5-9-15(16)17)18(21)13-14-7-3-1-2-4-8-14/h5-6,9-10,14,17,20H,1-4,7-8,11-13H2. The van der Waals surface area contributed by atoms with Gasteiger partial charge in [0, 0.05) is 24.2 Å². The lowest BCUT2D eigenvalue weighted by atomic mass is 9.94. The van der Waals surface area contributed by atoms with Crippen LogP contribution >= 0.6 is 0 Å². The molecule has 0 radical (unpaired) electrons. The SMILES string of the molecule is O=C(CC1CCCCCC1)N1CCC(O)c2ccccc21. The highest BCUT2D eigenvalue weighted by atomic mass is 16.3. The lowest BCUT2D eigenvalue weighted by Gasteiger charge is -2.33. The molecule has 1 aromatic carbocycles. The summed E-state index contributed by atoms with van der Waals surface area (Å²) in [5.41, 5.74) is 1.81. The van der Waals surface area contributed by atoms with Crippen LogP contribution in [0.1, 0.15) is 63.0 Å². The first-order chi connectivity index (χ1) is 10.3. The summed E-state index contributed by atoms with van der Waals surface area (Å²) in [6.45, 7) is 0.643. The second-order valence-electron chi connectivity index (χ2n) is 6.47. The molecule has 1 N–H and O–H groups in total. The fraction of sp³-hybridized carbons (Fsp3) is 0.611. The van der Waals surface area contributed by atoms with E-state index in [2.05, 4.69) is 0 Å². The summed E-state index contributed by atoms with van der Waals surface area (Å²) in [7, 11) is 0. The Balaban J connectivity index is 1.71. The lowest BCUT2D eigenvalue weighted by molar-refractivity contribution is -0.119. The van der Waals surface area contributed by atoms with Gasteiger partial charge in [-0.15, -0.1) is 0 Å². The zero-order valence-corrected chi connectivity index (χ0v) is 12.6. The van der Waals surface area contributed by atoms with Crippen LogP contribution in [0.2, 0.25) is 0 Å². The molecule has 1 saturated carbocycles. The lowest BCUT2D eigenvalue weighted by Crippen LogP contribution is -2.37. The number of hydrogen-bond donors (Lipinski definition) is 1. The number of hydrogen-bond acceptors (Lipinski definition) is 2. The minimum Gasteiger partial charge on any atom is -0.388 e. The Morgan fingerprint density at radius 1 is 1.10 bits per heavy atom. The van der Waals surface area contributed by atoms with E-state index in [0.29, 0.717) is 25.3 Å². The second-order valence-corrected chi connectivity index (χ2v) is 6.47. The predicted octanol–water partition coefficient (Wildman–Crippen LogP) is 3.82. The molecule has 1 atom stereocenters. The largest absolute Gasteiger partial charge is 0.388 e. The van der Waals surface area contributed by atoms with Crippen molar-refractivity contribution in [1.29, 1.82) is 0 Å². The van der Waals surface area contributed by atoms with Crippen LogP contribution in [-0.2, 0) is 4.79 Å². The van der Waals surface area contributed by atoms with Gasteiger partial charge in [-0.25, -0.2) is 0 Å². The number of carbonyl (C=O) groups is 1. The summed E-state index contributed by atoms with van der Waals surface area (Å²) in [4.78, 5) is 14.6. The van der Waals surface area contributed by atoms with Crippen molar-refractivity contribution in [1.82, 2.24) is 0 Å². The first-order valence-electron chi connectivity index (χ1n) is 8.33. The van der Waals surface area contributed by atoms with E-state index in [1.165, 1.54) is 38.5 Å². The third-order valence-electron chi connectivity index (χ3n) is 4.95. The van der Waals surface area contributed by atoms with Gasteiger partial charge in [-0.1, -0.05) is 43.9 Å². The number of aliphatic hydroxyl groups is 1. The first-order valence-corrected chi connectivity index (χ1v) is 8.33. The van der Waals surface area contributed by atoms with Gasteiger partial charge in [-0.2, -0.15) is 0 Å². The molecular weight excluding hydrogens is 262 g/mol. The van der Waals surface area contributed by atoms with Crippen molar-refractivity contribution < 1.29 is 9.90 Å². The zero-order chi connectivity index (χ0) is 14.7. The molecule has 1 aliphatic carbocycles. The van der Waals surface area contributed by atoms with Gasteiger partial charge in [0.15, 0.2) is 0 Å². The summed E-state index contributed by atoms with van der Waals surface area (Å²) in [6.07, 6.45) is 8.47. The maximum atomic E-state index is 12.7. The first kappa shape index (κ1) is 14.6. The highest BCUT2D eigenvalue weighted by molar-refractivity contribution is 5.94. The van der Waals surface area contributed by atoms with Crippen LogP contribution in [0.25, 0.3) is 0 Å². The number of aliphatic hydroxyl groups excluding tert-OH is 1. The molecule has 1 fully saturated rings.